The molecule has 0 aliphatic carbocycles. The third-order valence-corrected chi connectivity index (χ3v) is 1.65. The fraction of sp³-hybridized carbons (Fsp3) is 0.625. The number of hydrogen-bond acceptors (Lipinski definition) is 1. The number of halogens is 1. The summed E-state index contributed by atoms with van der Waals surface area (Å²) in [5, 5.41) is 8.27. The Morgan fingerprint density at radius 1 is 1.55 bits per heavy atom. The second-order valence-corrected chi connectivity index (χ2v) is 2.76. The molecular weight excluding hydrogens is 164 g/mol. The maximum Gasteiger partial charge on any atom is 0.346 e. The van der Waals surface area contributed by atoms with Gasteiger partial charge in [-0.05, 0) is 12.8 Å². The highest BCUT2D eigenvalue weighted by Gasteiger charge is 1.99. The van der Waals surface area contributed by atoms with Crippen LogP contribution in [0.2, 0.25) is 0 Å². The Morgan fingerprint density at radius 2 is 2.18 bits per heavy atom. The molecule has 0 aliphatic rings. The third kappa shape index (κ3) is 5.92. The number of hydrogen-bond donors (Lipinski definition) is 1. The Bertz CT molecular complexity index is 152. The molecular formula is C8H13ClO2. The highest BCUT2D eigenvalue weighted by Crippen LogP contribution is 2.06. The lowest BCUT2D eigenvalue weighted by atomic mass is 10.2. The fourth-order valence-corrected chi connectivity index (χ4v) is 0.820. The predicted molar refractivity (Wildman–Crippen MR) is 45.7 cm³/mol. The summed E-state index contributed by atoms with van der Waals surface area (Å²) in [5.41, 5.74) is 0. The molecule has 0 aliphatic heterocycles. The van der Waals surface area contributed by atoms with Gasteiger partial charge in [-0.15, -0.1) is 0 Å². The van der Waals surface area contributed by atoms with E-state index in [0.29, 0.717) is 0 Å². The first kappa shape index (κ1) is 10.5. The molecule has 1 N–H and O–H groups in total. The topological polar surface area (TPSA) is 37.3 Å². The van der Waals surface area contributed by atoms with Gasteiger partial charge in [0.05, 0.1) is 0 Å². The summed E-state index contributed by atoms with van der Waals surface area (Å²) in [7, 11) is 0. The summed E-state index contributed by atoms with van der Waals surface area (Å²) in [6.07, 6.45) is 5.59. The number of aliphatic carboxylic acids is 1. The van der Waals surface area contributed by atoms with Crippen LogP contribution >= 0.6 is 11.6 Å². The zero-order valence-corrected chi connectivity index (χ0v) is 7.40. The second-order valence-electron chi connectivity index (χ2n) is 2.35. The zero-order valence-electron chi connectivity index (χ0n) is 6.64. The maximum absolute atomic E-state index is 10.2. The van der Waals surface area contributed by atoms with Crippen molar-refractivity contribution >= 4 is 17.6 Å². The van der Waals surface area contributed by atoms with Crippen molar-refractivity contribution < 1.29 is 9.90 Å². The summed E-state index contributed by atoms with van der Waals surface area (Å²) in [5.74, 6) is -1.04. The molecule has 0 bridgehead atoms. The van der Waals surface area contributed by atoms with Crippen molar-refractivity contribution in [1.29, 1.82) is 0 Å². The molecule has 0 spiro atoms. The molecule has 0 heterocycles. The quantitative estimate of drug-likeness (QED) is 0.517. The molecule has 0 saturated carbocycles. The zero-order chi connectivity index (χ0) is 8.69. The van der Waals surface area contributed by atoms with E-state index in [4.69, 9.17) is 16.7 Å². The lowest BCUT2D eigenvalue weighted by Gasteiger charge is -1.92. The van der Waals surface area contributed by atoms with Crippen LogP contribution in [0.15, 0.2) is 11.1 Å². The molecule has 0 saturated heterocycles. The van der Waals surface area contributed by atoms with Crippen LogP contribution in [0.25, 0.3) is 0 Å². The van der Waals surface area contributed by atoms with Gasteiger partial charge in [0.1, 0.15) is 5.03 Å². The summed E-state index contributed by atoms with van der Waals surface area (Å²) in [6.45, 7) is 2.10. The molecule has 0 atom stereocenters. The van der Waals surface area contributed by atoms with Gasteiger partial charge in [-0.2, -0.15) is 0 Å². The minimum atomic E-state index is -1.04. The second kappa shape index (κ2) is 6.23. The van der Waals surface area contributed by atoms with Crippen molar-refractivity contribution in [3.05, 3.63) is 11.1 Å². The van der Waals surface area contributed by atoms with Crippen molar-refractivity contribution in [3.63, 3.8) is 0 Å². The molecule has 0 amide bonds. The average Bonchev–Trinajstić information content (AvgIpc) is 1.97. The van der Waals surface area contributed by atoms with E-state index in [1.165, 1.54) is 0 Å². The van der Waals surface area contributed by atoms with E-state index >= 15 is 0 Å². The van der Waals surface area contributed by atoms with Crippen molar-refractivity contribution in [2.75, 3.05) is 0 Å². The maximum atomic E-state index is 10.2. The van der Waals surface area contributed by atoms with Crippen molar-refractivity contribution in [2.45, 2.75) is 32.6 Å². The first-order valence-corrected chi connectivity index (χ1v) is 4.15. The average molecular weight is 177 g/mol. The van der Waals surface area contributed by atoms with Crippen molar-refractivity contribution in [2.24, 2.45) is 0 Å². The van der Waals surface area contributed by atoms with Crippen LogP contribution in [0.3, 0.4) is 0 Å². The number of carboxylic acid groups (broad SMARTS) is 1. The predicted octanol–water partition coefficient (Wildman–Crippen LogP) is 2.77. The van der Waals surface area contributed by atoms with E-state index in [9.17, 15) is 4.79 Å². The van der Waals surface area contributed by atoms with Gasteiger partial charge in [0.2, 0.25) is 0 Å². The number of allylic oxidation sites excluding steroid dienone is 1. The molecule has 0 unspecified atom stereocenters. The van der Waals surface area contributed by atoms with Gasteiger partial charge in [-0.3, -0.25) is 0 Å². The van der Waals surface area contributed by atoms with Gasteiger partial charge < -0.3 is 5.11 Å². The third-order valence-electron chi connectivity index (χ3n) is 1.34. The number of unbranched alkanes of at least 4 members (excludes halogenated alkanes) is 3. The van der Waals surface area contributed by atoms with Gasteiger partial charge in [0.15, 0.2) is 0 Å². The first-order valence-electron chi connectivity index (χ1n) is 3.77. The van der Waals surface area contributed by atoms with Crippen molar-refractivity contribution in [3.8, 4) is 0 Å². The van der Waals surface area contributed by atoms with Crippen LogP contribution in [0.5, 0.6) is 0 Å². The minimum Gasteiger partial charge on any atom is -0.477 e. The van der Waals surface area contributed by atoms with Crippen LogP contribution < -0.4 is 0 Å². The fourth-order valence-electron chi connectivity index (χ4n) is 0.710. The molecule has 0 aromatic rings. The number of carboxylic acids is 1. The summed E-state index contributed by atoms with van der Waals surface area (Å²) in [4.78, 5) is 10.2. The van der Waals surface area contributed by atoms with Crippen molar-refractivity contribution in [1.82, 2.24) is 0 Å². The van der Waals surface area contributed by atoms with Crippen LogP contribution in [0, 0.1) is 0 Å². The molecule has 3 heteroatoms. The van der Waals surface area contributed by atoms with E-state index in [1.54, 1.807) is 6.08 Å². The van der Waals surface area contributed by atoms with Crippen LogP contribution in [-0.4, -0.2) is 11.1 Å². The van der Waals surface area contributed by atoms with E-state index in [0.717, 1.165) is 25.7 Å². The Morgan fingerprint density at radius 3 is 2.64 bits per heavy atom. The van der Waals surface area contributed by atoms with E-state index < -0.39 is 5.97 Å². The molecule has 0 aromatic carbocycles. The van der Waals surface area contributed by atoms with Gasteiger partial charge in [0.25, 0.3) is 0 Å². The summed E-state index contributed by atoms with van der Waals surface area (Å²) >= 11 is 5.36. The van der Waals surface area contributed by atoms with Crippen LogP contribution in [0.4, 0.5) is 0 Å². The van der Waals surface area contributed by atoms with Gasteiger partial charge >= 0.3 is 5.97 Å². The van der Waals surface area contributed by atoms with Crippen LogP contribution in [0.1, 0.15) is 32.6 Å². The molecule has 0 aromatic heterocycles. The van der Waals surface area contributed by atoms with Gasteiger partial charge in [-0.1, -0.05) is 37.4 Å². The number of carbonyl (C=O) groups is 1. The largest absolute Gasteiger partial charge is 0.477 e. The van der Waals surface area contributed by atoms with E-state index in [1.807, 2.05) is 0 Å². The Labute approximate surface area is 71.9 Å². The molecule has 0 fully saturated rings. The first-order chi connectivity index (χ1) is 5.18. The van der Waals surface area contributed by atoms with Gasteiger partial charge in [0, 0.05) is 0 Å². The minimum absolute atomic E-state index is 0.0684. The highest BCUT2D eigenvalue weighted by molar-refractivity contribution is 6.40. The summed E-state index contributed by atoms with van der Waals surface area (Å²) in [6, 6.07) is 0. The van der Waals surface area contributed by atoms with Crippen LogP contribution in [-0.2, 0) is 4.79 Å². The lowest BCUT2D eigenvalue weighted by Crippen LogP contribution is -1.93. The summed E-state index contributed by atoms with van der Waals surface area (Å²) < 4.78 is 0. The monoisotopic (exact) mass is 176 g/mol. The normalized spacial score (nSPS) is 11.6. The smallest absolute Gasteiger partial charge is 0.346 e. The number of rotatable bonds is 5. The molecule has 2 nitrogen and oxygen atoms in total. The molecule has 0 rings (SSSR count). The van der Waals surface area contributed by atoms with E-state index in [2.05, 4.69) is 6.92 Å². The Balaban J connectivity index is 3.48. The van der Waals surface area contributed by atoms with Gasteiger partial charge in [-0.25, -0.2) is 4.79 Å². The SMILES string of the molecule is CCCCCC=C(Cl)C(=O)O. The highest BCUT2D eigenvalue weighted by atomic mass is 35.5. The molecule has 64 valence electrons. The Hall–Kier alpha value is -0.500. The molecule has 0 radical (unpaired) electrons. The lowest BCUT2D eigenvalue weighted by molar-refractivity contribution is -0.131. The van der Waals surface area contributed by atoms with E-state index in [-0.39, 0.29) is 5.03 Å². The molecule has 11 heavy (non-hydrogen) atoms. The Kier molecular flexibility index (Phi) is 5.94. The standard InChI is InChI=1S/C8H13ClO2/c1-2-3-4-5-6-7(9)8(10)11/h6H,2-5H2,1H3,(H,10,11).